The van der Waals surface area contributed by atoms with E-state index >= 15 is 0 Å². The number of rotatable bonds is 2. The highest BCUT2D eigenvalue weighted by Crippen LogP contribution is 2.30. The molecule has 0 saturated heterocycles. The quantitative estimate of drug-likeness (QED) is 0.417. The molecule has 1 unspecified atom stereocenters. The van der Waals surface area contributed by atoms with Gasteiger partial charge < -0.3 is 0 Å². The molecular formula is C16H24SSi. The number of thioether (sulfide) groups is 1. The van der Waals surface area contributed by atoms with Gasteiger partial charge in [0, 0.05) is 4.90 Å². The molecule has 1 aromatic carbocycles. The smallest absolute Gasteiger partial charge is 0.129 e. The number of hydrogen-bond donors (Lipinski definition) is 0. The van der Waals surface area contributed by atoms with E-state index in [1.807, 2.05) is 11.8 Å². The molecule has 0 bridgehead atoms. The van der Waals surface area contributed by atoms with Crippen LogP contribution in [-0.4, -0.2) is 13.3 Å². The molecule has 18 heavy (non-hydrogen) atoms. The third-order valence-corrected chi connectivity index (χ3v) is 4.80. The third kappa shape index (κ3) is 4.92. The van der Waals surface area contributed by atoms with Crippen LogP contribution in [0.25, 0.3) is 0 Å². The Hall–Kier alpha value is -0.653. The van der Waals surface area contributed by atoms with E-state index in [2.05, 4.69) is 70.9 Å². The summed E-state index contributed by atoms with van der Waals surface area (Å²) in [7, 11) is -1.25. The average Bonchev–Trinajstić information content (AvgIpc) is 2.19. The third-order valence-electron chi connectivity index (χ3n) is 2.55. The fraction of sp³-hybridized carbons (Fsp3) is 0.500. The van der Waals surface area contributed by atoms with Crippen LogP contribution >= 0.6 is 11.8 Å². The van der Waals surface area contributed by atoms with Crippen LogP contribution in [0.3, 0.4) is 0 Å². The Balaban J connectivity index is 2.88. The summed E-state index contributed by atoms with van der Waals surface area (Å²) in [5.74, 6) is 3.41. The normalized spacial score (nSPS) is 12.8. The molecule has 0 aromatic heterocycles. The van der Waals surface area contributed by atoms with Gasteiger partial charge in [-0.2, -0.15) is 0 Å². The highest BCUT2D eigenvalue weighted by molar-refractivity contribution is 8.00. The standard InChI is InChI=1S/C16H24SSi/c1-12-10-13(2)16(14(3)11-12)17-15(4)8-9-18(5,6)7/h10-11,15H,1-7H3. The van der Waals surface area contributed by atoms with Crippen molar-refractivity contribution in [2.75, 3.05) is 0 Å². The van der Waals surface area contributed by atoms with Crippen molar-refractivity contribution in [3.8, 4) is 11.5 Å². The Morgan fingerprint density at radius 1 is 1.06 bits per heavy atom. The van der Waals surface area contributed by atoms with Gasteiger partial charge in [0.1, 0.15) is 8.07 Å². The zero-order chi connectivity index (χ0) is 13.9. The highest BCUT2D eigenvalue weighted by Gasteiger charge is 2.10. The van der Waals surface area contributed by atoms with Crippen LogP contribution < -0.4 is 0 Å². The number of hydrogen-bond acceptors (Lipinski definition) is 1. The van der Waals surface area contributed by atoms with E-state index in [4.69, 9.17) is 0 Å². The van der Waals surface area contributed by atoms with Crippen LogP contribution in [0.15, 0.2) is 17.0 Å². The van der Waals surface area contributed by atoms with Gasteiger partial charge in [0.25, 0.3) is 0 Å². The Kier molecular flexibility index (Phi) is 5.13. The maximum Gasteiger partial charge on any atom is 0.129 e. The second kappa shape index (κ2) is 5.99. The Morgan fingerprint density at radius 3 is 2.00 bits per heavy atom. The zero-order valence-electron chi connectivity index (χ0n) is 12.6. The average molecular weight is 277 g/mol. The first-order chi connectivity index (χ1) is 8.19. The summed E-state index contributed by atoms with van der Waals surface area (Å²) < 4.78 is 0. The molecule has 1 rings (SSSR count). The Bertz CT molecular complexity index is 463. The molecule has 2 heteroatoms. The highest BCUT2D eigenvalue weighted by atomic mass is 32.2. The van der Waals surface area contributed by atoms with Crippen molar-refractivity contribution in [2.45, 2.75) is 57.5 Å². The predicted molar refractivity (Wildman–Crippen MR) is 87.1 cm³/mol. The minimum absolute atomic E-state index is 0.372. The lowest BCUT2D eigenvalue weighted by Crippen LogP contribution is -2.17. The summed E-state index contributed by atoms with van der Waals surface area (Å²) in [4.78, 5) is 1.40. The van der Waals surface area contributed by atoms with E-state index < -0.39 is 8.07 Å². The number of benzene rings is 1. The largest absolute Gasteiger partial charge is 0.131 e. The van der Waals surface area contributed by atoms with Crippen LogP contribution in [0.2, 0.25) is 19.6 Å². The topological polar surface area (TPSA) is 0 Å². The van der Waals surface area contributed by atoms with E-state index in [1.54, 1.807) is 0 Å². The van der Waals surface area contributed by atoms with Crippen molar-refractivity contribution in [1.29, 1.82) is 0 Å². The lowest BCUT2D eigenvalue weighted by molar-refractivity contribution is 1.17. The lowest BCUT2D eigenvalue weighted by atomic mass is 10.1. The summed E-state index contributed by atoms with van der Waals surface area (Å²) in [6.45, 7) is 15.6. The predicted octanol–water partition coefficient (Wildman–Crippen LogP) is 4.97. The second-order valence-electron chi connectivity index (χ2n) is 6.01. The van der Waals surface area contributed by atoms with Crippen LogP contribution in [0, 0.1) is 32.2 Å². The molecule has 0 fully saturated rings. The van der Waals surface area contributed by atoms with Gasteiger partial charge in [0.05, 0.1) is 5.25 Å². The molecule has 0 radical (unpaired) electrons. The Morgan fingerprint density at radius 2 is 1.56 bits per heavy atom. The molecule has 0 aliphatic rings. The van der Waals surface area contributed by atoms with Gasteiger partial charge in [-0.3, -0.25) is 0 Å². The zero-order valence-corrected chi connectivity index (χ0v) is 14.5. The van der Waals surface area contributed by atoms with Crippen molar-refractivity contribution in [2.24, 2.45) is 0 Å². The van der Waals surface area contributed by atoms with E-state index in [0.29, 0.717) is 5.25 Å². The van der Waals surface area contributed by atoms with Crippen molar-refractivity contribution < 1.29 is 0 Å². The van der Waals surface area contributed by atoms with Gasteiger partial charge in [0.2, 0.25) is 0 Å². The molecule has 1 atom stereocenters. The first-order valence-electron chi connectivity index (χ1n) is 6.46. The van der Waals surface area contributed by atoms with Gasteiger partial charge in [-0.15, -0.1) is 17.3 Å². The minimum Gasteiger partial charge on any atom is -0.131 e. The summed E-state index contributed by atoms with van der Waals surface area (Å²) in [5, 5.41) is 0.372. The van der Waals surface area contributed by atoms with E-state index in [-0.39, 0.29) is 0 Å². The van der Waals surface area contributed by atoms with Crippen molar-refractivity contribution in [3.05, 3.63) is 28.8 Å². The lowest BCUT2D eigenvalue weighted by Gasteiger charge is -2.13. The van der Waals surface area contributed by atoms with E-state index in [0.717, 1.165) is 0 Å². The summed E-state index contributed by atoms with van der Waals surface area (Å²) in [6, 6.07) is 4.52. The first-order valence-corrected chi connectivity index (χ1v) is 10.8. The van der Waals surface area contributed by atoms with Crippen molar-refractivity contribution >= 4 is 19.8 Å². The molecule has 0 nitrogen and oxygen atoms in total. The maximum atomic E-state index is 3.46. The molecule has 98 valence electrons. The minimum atomic E-state index is -1.25. The monoisotopic (exact) mass is 276 g/mol. The summed E-state index contributed by atoms with van der Waals surface area (Å²) in [6.07, 6.45) is 0. The van der Waals surface area contributed by atoms with Crippen LogP contribution in [0.1, 0.15) is 23.6 Å². The van der Waals surface area contributed by atoms with Gasteiger partial charge >= 0.3 is 0 Å². The van der Waals surface area contributed by atoms with Gasteiger partial charge in [-0.25, -0.2) is 0 Å². The van der Waals surface area contributed by atoms with Crippen LogP contribution in [0.5, 0.6) is 0 Å². The first kappa shape index (κ1) is 15.4. The van der Waals surface area contributed by atoms with Crippen molar-refractivity contribution in [3.63, 3.8) is 0 Å². The Labute approximate surface area is 118 Å². The molecule has 0 N–H and O–H groups in total. The molecular weight excluding hydrogens is 252 g/mol. The van der Waals surface area contributed by atoms with Crippen LogP contribution in [0.4, 0.5) is 0 Å². The fourth-order valence-corrected chi connectivity index (χ4v) is 3.59. The van der Waals surface area contributed by atoms with E-state index in [9.17, 15) is 0 Å². The molecule has 0 aliphatic carbocycles. The van der Waals surface area contributed by atoms with Gasteiger partial charge in [0.15, 0.2) is 0 Å². The summed E-state index contributed by atoms with van der Waals surface area (Å²) >= 11 is 1.89. The van der Waals surface area contributed by atoms with E-state index in [1.165, 1.54) is 21.6 Å². The second-order valence-corrected chi connectivity index (χ2v) is 12.1. The van der Waals surface area contributed by atoms with Gasteiger partial charge in [-0.05, 0) is 38.8 Å². The molecule has 0 amide bonds. The number of aryl methyl sites for hydroxylation is 3. The maximum absolute atomic E-state index is 3.46. The summed E-state index contributed by atoms with van der Waals surface area (Å²) in [5.41, 5.74) is 7.55. The molecule has 0 aliphatic heterocycles. The molecule has 1 aromatic rings. The van der Waals surface area contributed by atoms with Crippen molar-refractivity contribution in [1.82, 2.24) is 0 Å². The van der Waals surface area contributed by atoms with Crippen LogP contribution in [-0.2, 0) is 0 Å². The molecule has 0 spiro atoms. The molecule has 0 heterocycles. The molecule has 0 saturated carbocycles. The SMILES string of the molecule is Cc1cc(C)c(SC(C)C#C[Si](C)(C)C)c(C)c1. The fourth-order valence-electron chi connectivity index (χ4n) is 1.88. The van der Waals surface area contributed by atoms with Gasteiger partial charge in [-0.1, -0.05) is 43.3 Å².